The Bertz CT molecular complexity index is 491. The number of halogens is 1. The van der Waals surface area contributed by atoms with Gasteiger partial charge in [0.05, 0.1) is 12.2 Å². The van der Waals surface area contributed by atoms with Crippen LogP contribution in [0.3, 0.4) is 0 Å². The second-order valence-corrected chi connectivity index (χ2v) is 3.74. The van der Waals surface area contributed by atoms with E-state index in [9.17, 15) is 24.2 Å². The van der Waals surface area contributed by atoms with Crippen molar-refractivity contribution in [3.05, 3.63) is 35.1 Å². The zero-order valence-electron chi connectivity index (χ0n) is 10.2. The highest BCUT2D eigenvalue weighted by atomic mass is 19.1. The fraction of sp³-hybridized carbons (Fsp3) is 0.333. The standard InChI is InChI=1S/C12H14FNO5/c1-2-19-12(18)7-4-3-6(13)5-8(7)9(15)10(16)11(14)17/h3-5,9-10,15-16H,2H2,1H3,(H2,14,17). The Morgan fingerprint density at radius 2 is 2.05 bits per heavy atom. The first-order valence-corrected chi connectivity index (χ1v) is 5.50. The van der Waals surface area contributed by atoms with E-state index in [0.29, 0.717) is 0 Å². The topological polar surface area (TPSA) is 110 Å². The van der Waals surface area contributed by atoms with Gasteiger partial charge in [0.1, 0.15) is 11.9 Å². The van der Waals surface area contributed by atoms with Crippen molar-refractivity contribution >= 4 is 11.9 Å². The van der Waals surface area contributed by atoms with Crippen LogP contribution in [0, 0.1) is 5.82 Å². The Morgan fingerprint density at radius 3 is 2.58 bits per heavy atom. The minimum absolute atomic E-state index is 0.0874. The Hall–Kier alpha value is -1.99. The SMILES string of the molecule is CCOC(=O)c1ccc(F)cc1C(O)C(O)C(N)=O. The minimum Gasteiger partial charge on any atom is -0.462 e. The van der Waals surface area contributed by atoms with Crippen LogP contribution in [0.5, 0.6) is 0 Å². The Labute approximate surface area is 108 Å². The molecule has 0 radical (unpaired) electrons. The van der Waals surface area contributed by atoms with Gasteiger partial charge in [0.2, 0.25) is 5.91 Å². The van der Waals surface area contributed by atoms with Crippen LogP contribution in [-0.2, 0) is 9.53 Å². The molecule has 0 bridgehead atoms. The Balaban J connectivity index is 3.20. The lowest BCUT2D eigenvalue weighted by molar-refractivity contribution is -0.132. The van der Waals surface area contributed by atoms with Gasteiger partial charge < -0.3 is 20.7 Å². The number of hydrogen-bond acceptors (Lipinski definition) is 5. The molecular formula is C12H14FNO5. The average Bonchev–Trinajstić information content (AvgIpc) is 2.36. The molecule has 1 aromatic rings. The van der Waals surface area contributed by atoms with E-state index in [1.165, 1.54) is 0 Å². The molecule has 0 saturated heterocycles. The molecule has 0 spiro atoms. The monoisotopic (exact) mass is 271 g/mol. The van der Waals surface area contributed by atoms with Crippen LogP contribution in [0.2, 0.25) is 0 Å². The maximum absolute atomic E-state index is 13.2. The van der Waals surface area contributed by atoms with Crippen LogP contribution in [0.25, 0.3) is 0 Å². The lowest BCUT2D eigenvalue weighted by Gasteiger charge is -2.18. The number of nitrogens with two attached hydrogens (primary N) is 1. The van der Waals surface area contributed by atoms with Crippen LogP contribution in [-0.4, -0.2) is 34.8 Å². The van der Waals surface area contributed by atoms with Gasteiger partial charge in [-0.15, -0.1) is 0 Å². The predicted octanol–water partition coefficient (Wildman–Crippen LogP) is -0.118. The van der Waals surface area contributed by atoms with Crippen molar-refractivity contribution in [3.63, 3.8) is 0 Å². The summed E-state index contributed by atoms with van der Waals surface area (Å²) in [6.07, 6.45) is -3.76. The number of carbonyl (C=O) groups is 2. The summed E-state index contributed by atoms with van der Waals surface area (Å²) < 4.78 is 17.9. The van der Waals surface area contributed by atoms with Gasteiger partial charge in [-0.2, -0.15) is 0 Å². The van der Waals surface area contributed by atoms with Crippen LogP contribution in [0.4, 0.5) is 4.39 Å². The molecular weight excluding hydrogens is 257 g/mol. The van der Waals surface area contributed by atoms with Crippen molar-refractivity contribution in [2.75, 3.05) is 6.61 Å². The lowest BCUT2D eigenvalue weighted by atomic mass is 9.98. The number of rotatable bonds is 5. The first kappa shape index (κ1) is 15.1. The summed E-state index contributed by atoms with van der Waals surface area (Å²) in [6.45, 7) is 1.67. The molecule has 1 rings (SSSR count). The first-order chi connectivity index (χ1) is 8.88. The molecule has 1 amide bonds. The van der Waals surface area contributed by atoms with E-state index in [-0.39, 0.29) is 17.7 Å². The highest BCUT2D eigenvalue weighted by molar-refractivity contribution is 5.91. The predicted molar refractivity (Wildman–Crippen MR) is 62.5 cm³/mol. The molecule has 2 unspecified atom stereocenters. The third-order valence-electron chi connectivity index (χ3n) is 2.42. The normalized spacial score (nSPS) is 13.7. The van der Waals surface area contributed by atoms with E-state index >= 15 is 0 Å². The van der Waals surface area contributed by atoms with Gasteiger partial charge in [0, 0.05) is 5.56 Å². The molecule has 1 aromatic carbocycles. The van der Waals surface area contributed by atoms with Gasteiger partial charge in [-0.25, -0.2) is 9.18 Å². The van der Waals surface area contributed by atoms with Crippen molar-refractivity contribution in [2.24, 2.45) is 5.73 Å². The van der Waals surface area contributed by atoms with Crippen molar-refractivity contribution in [2.45, 2.75) is 19.1 Å². The summed E-state index contributed by atoms with van der Waals surface area (Å²) in [5.74, 6) is -2.72. The molecule has 4 N–H and O–H groups in total. The minimum atomic E-state index is -1.95. The van der Waals surface area contributed by atoms with Crippen molar-refractivity contribution in [1.82, 2.24) is 0 Å². The lowest BCUT2D eigenvalue weighted by Crippen LogP contribution is -2.34. The summed E-state index contributed by atoms with van der Waals surface area (Å²) in [4.78, 5) is 22.4. The number of benzene rings is 1. The summed E-state index contributed by atoms with van der Waals surface area (Å²) in [7, 11) is 0. The maximum Gasteiger partial charge on any atom is 0.338 e. The number of amides is 1. The van der Waals surface area contributed by atoms with E-state index in [0.717, 1.165) is 18.2 Å². The van der Waals surface area contributed by atoms with Gasteiger partial charge in [-0.05, 0) is 25.1 Å². The van der Waals surface area contributed by atoms with Gasteiger partial charge in [0.15, 0.2) is 6.10 Å². The van der Waals surface area contributed by atoms with Crippen LogP contribution in [0.1, 0.15) is 28.9 Å². The molecule has 0 fully saturated rings. The molecule has 104 valence electrons. The fourth-order valence-electron chi connectivity index (χ4n) is 1.50. The molecule has 0 saturated carbocycles. The number of esters is 1. The van der Waals surface area contributed by atoms with E-state index in [1.54, 1.807) is 6.92 Å². The van der Waals surface area contributed by atoms with E-state index in [1.807, 2.05) is 0 Å². The third-order valence-corrected chi connectivity index (χ3v) is 2.42. The van der Waals surface area contributed by atoms with E-state index in [4.69, 9.17) is 10.5 Å². The average molecular weight is 271 g/mol. The van der Waals surface area contributed by atoms with Crippen molar-refractivity contribution in [1.29, 1.82) is 0 Å². The van der Waals surface area contributed by atoms with Gasteiger partial charge >= 0.3 is 5.97 Å². The summed E-state index contributed by atoms with van der Waals surface area (Å²) >= 11 is 0. The van der Waals surface area contributed by atoms with Crippen molar-refractivity contribution < 1.29 is 28.9 Å². The Kier molecular flexibility index (Phi) is 4.96. The highest BCUT2D eigenvalue weighted by Crippen LogP contribution is 2.23. The van der Waals surface area contributed by atoms with E-state index < -0.39 is 29.9 Å². The number of carbonyl (C=O) groups excluding carboxylic acids is 2. The Morgan fingerprint density at radius 1 is 1.42 bits per heavy atom. The zero-order chi connectivity index (χ0) is 14.6. The summed E-state index contributed by atoms with van der Waals surface area (Å²) in [5, 5.41) is 19.1. The smallest absolute Gasteiger partial charge is 0.338 e. The molecule has 7 heteroatoms. The molecule has 0 aliphatic heterocycles. The van der Waals surface area contributed by atoms with E-state index in [2.05, 4.69) is 0 Å². The van der Waals surface area contributed by atoms with Crippen LogP contribution >= 0.6 is 0 Å². The number of aliphatic hydroxyl groups excluding tert-OH is 2. The molecule has 6 nitrogen and oxygen atoms in total. The van der Waals surface area contributed by atoms with Crippen LogP contribution in [0.15, 0.2) is 18.2 Å². The summed E-state index contributed by atoms with van der Waals surface area (Å²) in [5.41, 5.74) is 4.44. The van der Waals surface area contributed by atoms with Crippen molar-refractivity contribution in [3.8, 4) is 0 Å². The first-order valence-electron chi connectivity index (χ1n) is 5.50. The zero-order valence-corrected chi connectivity index (χ0v) is 10.2. The third kappa shape index (κ3) is 3.49. The van der Waals surface area contributed by atoms with Gasteiger partial charge in [-0.1, -0.05) is 0 Å². The maximum atomic E-state index is 13.2. The molecule has 2 atom stereocenters. The number of ether oxygens (including phenoxy) is 1. The molecule has 19 heavy (non-hydrogen) atoms. The summed E-state index contributed by atoms with van der Waals surface area (Å²) in [6, 6.07) is 2.93. The fourth-order valence-corrected chi connectivity index (χ4v) is 1.50. The van der Waals surface area contributed by atoms with Gasteiger partial charge in [0.25, 0.3) is 0 Å². The molecule has 0 aromatic heterocycles. The van der Waals surface area contributed by atoms with Crippen LogP contribution < -0.4 is 5.73 Å². The molecule has 0 aliphatic carbocycles. The second kappa shape index (κ2) is 6.26. The molecule has 0 aliphatic rings. The number of primary amides is 1. The number of aliphatic hydroxyl groups is 2. The number of hydrogen-bond donors (Lipinski definition) is 3. The second-order valence-electron chi connectivity index (χ2n) is 3.74. The highest BCUT2D eigenvalue weighted by Gasteiger charge is 2.28. The molecule has 0 heterocycles. The largest absolute Gasteiger partial charge is 0.462 e. The van der Waals surface area contributed by atoms with Gasteiger partial charge in [-0.3, -0.25) is 4.79 Å². The quantitative estimate of drug-likeness (QED) is 0.647.